The Balaban J connectivity index is 1.59. The summed E-state index contributed by atoms with van der Waals surface area (Å²) >= 11 is 6.20. The zero-order valence-electron chi connectivity index (χ0n) is 16.2. The number of halogens is 1. The normalized spacial score (nSPS) is 16.3. The van der Waals surface area contributed by atoms with Gasteiger partial charge in [0.05, 0.1) is 31.4 Å². The van der Waals surface area contributed by atoms with E-state index in [-0.39, 0.29) is 18.2 Å². The lowest BCUT2D eigenvalue weighted by molar-refractivity contribution is -0.129. The van der Waals surface area contributed by atoms with Crippen LogP contribution in [0.1, 0.15) is 17.5 Å². The van der Waals surface area contributed by atoms with Crippen molar-refractivity contribution in [2.45, 2.75) is 13.0 Å². The monoisotopic (exact) mass is 415 g/mol. The number of likely N-dealkylation sites (tertiary alicyclic amines) is 1. The van der Waals surface area contributed by atoms with Gasteiger partial charge in [-0.1, -0.05) is 41.9 Å². The average Bonchev–Trinajstić information content (AvgIpc) is 3.10. The highest BCUT2D eigenvalue weighted by Gasteiger charge is 2.34. The van der Waals surface area contributed by atoms with Gasteiger partial charge in [0.15, 0.2) is 11.5 Å². The molecule has 0 radical (unpaired) electrons. The molecule has 0 aromatic heterocycles. The third kappa shape index (κ3) is 5.06. The summed E-state index contributed by atoms with van der Waals surface area (Å²) < 4.78 is 10.4. The fraction of sp³-hybridized carbons (Fsp3) is 0.286. The number of carbonyl (C=O) groups excluding carboxylic acids is 2. The molecule has 0 spiro atoms. The number of hydrazone groups is 1. The fourth-order valence-electron chi connectivity index (χ4n) is 3.13. The molecule has 1 unspecified atom stereocenters. The second kappa shape index (κ2) is 9.43. The Bertz CT molecular complexity index is 918. The number of carbonyl (C=O) groups is 2. The number of hydrogen-bond acceptors (Lipinski definition) is 5. The van der Waals surface area contributed by atoms with E-state index in [2.05, 4.69) is 10.5 Å². The number of hydrogen-bond donors (Lipinski definition) is 1. The van der Waals surface area contributed by atoms with Crippen LogP contribution in [0.2, 0.25) is 5.02 Å². The quantitative estimate of drug-likeness (QED) is 0.557. The van der Waals surface area contributed by atoms with Crippen molar-refractivity contribution in [3.63, 3.8) is 0 Å². The lowest BCUT2D eigenvalue weighted by Crippen LogP contribution is -2.30. The third-order valence-corrected chi connectivity index (χ3v) is 5.01. The molecule has 0 bridgehead atoms. The maximum absolute atomic E-state index is 12.4. The number of benzene rings is 2. The third-order valence-electron chi connectivity index (χ3n) is 4.68. The number of nitrogens with zero attached hydrogens (tertiary/aromatic N) is 2. The van der Waals surface area contributed by atoms with Crippen LogP contribution in [0.5, 0.6) is 11.5 Å². The van der Waals surface area contributed by atoms with E-state index in [1.165, 1.54) is 20.4 Å². The van der Waals surface area contributed by atoms with Gasteiger partial charge in [0.2, 0.25) is 11.8 Å². The Morgan fingerprint density at radius 2 is 1.93 bits per heavy atom. The molecule has 1 atom stereocenters. The Hall–Kier alpha value is -3.06. The maximum Gasteiger partial charge on any atom is 0.245 e. The first kappa shape index (κ1) is 20.7. The largest absolute Gasteiger partial charge is 0.493 e. The summed E-state index contributed by atoms with van der Waals surface area (Å²) in [6.07, 6.45) is 1.60. The molecule has 29 heavy (non-hydrogen) atoms. The second-order valence-electron chi connectivity index (χ2n) is 6.62. The second-order valence-corrected chi connectivity index (χ2v) is 7.03. The van der Waals surface area contributed by atoms with Gasteiger partial charge >= 0.3 is 0 Å². The molecule has 1 aliphatic rings. The minimum Gasteiger partial charge on any atom is -0.493 e. The van der Waals surface area contributed by atoms with E-state index in [4.69, 9.17) is 21.1 Å². The molecule has 152 valence electrons. The molecule has 2 aromatic carbocycles. The van der Waals surface area contributed by atoms with Crippen molar-refractivity contribution in [2.24, 2.45) is 11.0 Å². The highest BCUT2D eigenvalue weighted by atomic mass is 35.5. The predicted molar refractivity (Wildman–Crippen MR) is 110 cm³/mol. The van der Waals surface area contributed by atoms with Crippen LogP contribution < -0.4 is 14.9 Å². The van der Waals surface area contributed by atoms with Crippen LogP contribution >= 0.6 is 11.6 Å². The number of nitrogens with one attached hydrogen (secondary N) is 1. The molecule has 0 saturated carbocycles. The van der Waals surface area contributed by atoms with E-state index in [0.29, 0.717) is 35.2 Å². The molecule has 1 N–H and O–H groups in total. The predicted octanol–water partition coefficient (Wildman–Crippen LogP) is 2.86. The Morgan fingerprint density at radius 1 is 1.24 bits per heavy atom. The van der Waals surface area contributed by atoms with Crippen molar-refractivity contribution in [2.75, 3.05) is 20.8 Å². The summed E-state index contributed by atoms with van der Waals surface area (Å²) in [5.74, 6) is 0.219. The number of amides is 2. The summed E-state index contributed by atoms with van der Waals surface area (Å²) in [4.78, 5) is 26.3. The first-order valence-electron chi connectivity index (χ1n) is 9.08. The van der Waals surface area contributed by atoms with Crippen LogP contribution in [0.3, 0.4) is 0 Å². The van der Waals surface area contributed by atoms with Crippen molar-refractivity contribution in [1.82, 2.24) is 10.3 Å². The fourth-order valence-corrected chi connectivity index (χ4v) is 3.33. The van der Waals surface area contributed by atoms with Crippen molar-refractivity contribution >= 4 is 29.6 Å². The van der Waals surface area contributed by atoms with E-state index >= 15 is 0 Å². The van der Waals surface area contributed by atoms with E-state index in [9.17, 15) is 9.59 Å². The maximum atomic E-state index is 12.4. The van der Waals surface area contributed by atoms with Gasteiger partial charge in [-0.05, 0) is 11.6 Å². The molecule has 0 aliphatic carbocycles. The van der Waals surface area contributed by atoms with Crippen LogP contribution in [-0.2, 0) is 16.1 Å². The van der Waals surface area contributed by atoms with E-state index in [1.807, 2.05) is 30.3 Å². The topological polar surface area (TPSA) is 80.2 Å². The van der Waals surface area contributed by atoms with Crippen molar-refractivity contribution in [1.29, 1.82) is 0 Å². The lowest BCUT2D eigenvalue weighted by Gasteiger charge is -2.16. The standard InChI is InChI=1S/C21H22ClN3O4/c1-28-18-8-15(17(22)10-19(18)29-2)11-23-24-21(27)16-9-20(26)25(13-16)12-14-6-4-3-5-7-14/h3-8,10-11,16H,9,12-13H2,1-2H3,(H,24,27)/b23-11+. The summed E-state index contributed by atoms with van der Waals surface area (Å²) in [6, 6.07) is 13.0. The molecule has 1 heterocycles. The molecule has 1 fully saturated rings. The van der Waals surface area contributed by atoms with E-state index in [0.717, 1.165) is 5.56 Å². The summed E-state index contributed by atoms with van der Waals surface area (Å²) in [5, 5.41) is 4.38. The molecular weight excluding hydrogens is 394 g/mol. The first-order valence-corrected chi connectivity index (χ1v) is 9.45. The van der Waals surface area contributed by atoms with Crippen molar-refractivity contribution in [3.05, 3.63) is 58.6 Å². The average molecular weight is 416 g/mol. The van der Waals surface area contributed by atoms with Gasteiger partial charge in [-0.25, -0.2) is 5.43 Å². The molecule has 1 aliphatic heterocycles. The zero-order chi connectivity index (χ0) is 20.8. The van der Waals surface area contributed by atoms with Crippen molar-refractivity contribution < 1.29 is 19.1 Å². The van der Waals surface area contributed by atoms with Gasteiger partial charge in [0.1, 0.15) is 0 Å². The minimum atomic E-state index is -0.441. The molecule has 3 rings (SSSR count). The number of rotatable bonds is 7. The molecule has 8 heteroatoms. The van der Waals surface area contributed by atoms with Crippen molar-refractivity contribution in [3.8, 4) is 11.5 Å². The van der Waals surface area contributed by atoms with Crippen LogP contribution in [0.4, 0.5) is 0 Å². The first-order chi connectivity index (χ1) is 14.0. The summed E-state index contributed by atoms with van der Waals surface area (Å²) in [7, 11) is 3.04. The molecule has 2 aromatic rings. The Morgan fingerprint density at radius 3 is 2.62 bits per heavy atom. The summed E-state index contributed by atoms with van der Waals surface area (Å²) in [6.45, 7) is 0.861. The summed E-state index contributed by atoms with van der Waals surface area (Å²) in [5.41, 5.74) is 4.09. The molecule has 7 nitrogen and oxygen atoms in total. The smallest absolute Gasteiger partial charge is 0.245 e. The number of methoxy groups -OCH3 is 2. The van der Waals surface area contributed by atoms with Crippen LogP contribution in [0.25, 0.3) is 0 Å². The van der Waals surface area contributed by atoms with Crippen LogP contribution in [0, 0.1) is 5.92 Å². The van der Waals surface area contributed by atoms with Gasteiger partial charge in [0.25, 0.3) is 0 Å². The minimum absolute atomic E-state index is 0.0408. The van der Waals surface area contributed by atoms with Crippen LogP contribution in [0.15, 0.2) is 47.6 Å². The highest BCUT2D eigenvalue weighted by molar-refractivity contribution is 6.33. The van der Waals surface area contributed by atoms with Gasteiger partial charge in [0, 0.05) is 31.1 Å². The Labute approximate surface area is 174 Å². The molecule has 2 amide bonds. The Kier molecular flexibility index (Phi) is 6.72. The molecular formula is C21H22ClN3O4. The van der Waals surface area contributed by atoms with Gasteiger partial charge < -0.3 is 14.4 Å². The van der Waals surface area contributed by atoms with E-state index < -0.39 is 5.92 Å². The molecule has 1 saturated heterocycles. The number of ether oxygens (including phenoxy) is 2. The zero-order valence-corrected chi connectivity index (χ0v) is 17.0. The van der Waals surface area contributed by atoms with Crippen LogP contribution in [-0.4, -0.2) is 43.7 Å². The van der Waals surface area contributed by atoms with Gasteiger partial charge in [-0.15, -0.1) is 0 Å². The van der Waals surface area contributed by atoms with E-state index in [1.54, 1.807) is 17.0 Å². The SMILES string of the molecule is COc1cc(Cl)c(/C=N/NC(=O)C2CC(=O)N(Cc3ccccc3)C2)cc1OC. The van der Waals surface area contributed by atoms with Gasteiger partial charge in [-0.2, -0.15) is 5.10 Å². The van der Waals surface area contributed by atoms with Gasteiger partial charge in [-0.3, -0.25) is 9.59 Å². The highest BCUT2D eigenvalue weighted by Crippen LogP contribution is 2.32. The lowest BCUT2D eigenvalue weighted by atomic mass is 10.1.